The van der Waals surface area contributed by atoms with Crippen LogP contribution < -0.4 is 11.1 Å². The van der Waals surface area contributed by atoms with Crippen LogP contribution in [0.2, 0.25) is 5.02 Å². The van der Waals surface area contributed by atoms with E-state index in [4.69, 9.17) is 17.3 Å². The molecule has 1 aliphatic rings. The van der Waals surface area contributed by atoms with Gasteiger partial charge in [0.05, 0.1) is 10.6 Å². The van der Waals surface area contributed by atoms with Gasteiger partial charge in [0, 0.05) is 15.0 Å². The highest BCUT2D eigenvalue weighted by Gasteiger charge is 2.29. The van der Waals surface area contributed by atoms with Gasteiger partial charge in [-0.15, -0.1) is 22.7 Å². The highest BCUT2D eigenvalue weighted by molar-refractivity contribution is 7.22. The summed E-state index contributed by atoms with van der Waals surface area (Å²) in [5.74, 6) is -0.138. The Kier molecular flexibility index (Phi) is 5.69. The van der Waals surface area contributed by atoms with E-state index < -0.39 is 5.91 Å². The first-order valence-electron chi connectivity index (χ1n) is 9.83. The average Bonchev–Trinajstić information content (AvgIpc) is 3.18. The van der Waals surface area contributed by atoms with Crippen molar-refractivity contribution in [1.29, 1.82) is 0 Å². The van der Waals surface area contributed by atoms with Gasteiger partial charge < -0.3 is 11.1 Å². The van der Waals surface area contributed by atoms with Gasteiger partial charge in [0.25, 0.3) is 11.8 Å². The Morgan fingerprint density at radius 3 is 2.83 bits per heavy atom. The largest absolute Gasteiger partial charge is 0.365 e. The van der Waals surface area contributed by atoms with E-state index in [0.29, 0.717) is 26.4 Å². The Labute approximate surface area is 183 Å². The van der Waals surface area contributed by atoms with Crippen LogP contribution in [0.1, 0.15) is 62.2 Å². The highest BCUT2D eigenvalue weighted by Crippen LogP contribution is 2.42. The molecule has 2 amide bonds. The lowest BCUT2D eigenvalue weighted by atomic mass is 9.84. The molecule has 1 aliphatic carbocycles. The number of thiophene rings is 2. The van der Waals surface area contributed by atoms with E-state index in [9.17, 15) is 9.59 Å². The fourth-order valence-corrected chi connectivity index (χ4v) is 7.01. The van der Waals surface area contributed by atoms with E-state index in [-0.39, 0.29) is 5.91 Å². The number of benzene rings is 1. The summed E-state index contributed by atoms with van der Waals surface area (Å²) in [6.07, 6.45) is 5.19. The number of fused-ring (bicyclic) bond motifs is 2. The van der Waals surface area contributed by atoms with Gasteiger partial charge in [0.2, 0.25) is 0 Å². The molecule has 7 heteroatoms. The lowest BCUT2D eigenvalue weighted by Gasteiger charge is -2.21. The summed E-state index contributed by atoms with van der Waals surface area (Å²) in [6, 6.07) is 5.94. The van der Waals surface area contributed by atoms with Crippen molar-refractivity contribution in [2.24, 2.45) is 11.7 Å². The fourth-order valence-electron chi connectivity index (χ4n) is 4.14. The Bertz CT molecular complexity index is 1120. The van der Waals surface area contributed by atoms with Crippen molar-refractivity contribution in [3.63, 3.8) is 0 Å². The van der Waals surface area contributed by atoms with E-state index in [1.54, 1.807) is 0 Å². The van der Waals surface area contributed by atoms with Gasteiger partial charge in [0.1, 0.15) is 9.88 Å². The number of aryl methyl sites for hydroxylation is 1. The minimum atomic E-state index is -0.482. The number of anilines is 1. The van der Waals surface area contributed by atoms with Crippen molar-refractivity contribution >= 4 is 61.2 Å². The minimum Gasteiger partial charge on any atom is -0.365 e. The molecule has 3 N–H and O–H groups in total. The molecular formula is C22H23ClN2O2S2. The molecule has 1 unspecified atom stereocenters. The molecule has 152 valence electrons. The van der Waals surface area contributed by atoms with Crippen molar-refractivity contribution < 1.29 is 9.59 Å². The molecule has 29 heavy (non-hydrogen) atoms. The Hall–Kier alpha value is -1.89. The van der Waals surface area contributed by atoms with Crippen molar-refractivity contribution in [3.8, 4) is 0 Å². The summed E-state index contributed by atoms with van der Waals surface area (Å²) >= 11 is 9.34. The first-order chi connectivity index (χ1) is 13.9. The summed E-state index contributed by atoms with van der Waals surface area (Å²) in [6.45, 7) is 4.20. The predicted molar refractivity (Wildman–Crippen MR) is 123 cm³/mol. The maximum absolute atomic E-state index is 13.0. The quantitative estimate of drug-likeness (QED) is 0.491. The van der Waals surface area contributed by atoms with Gasteiger partial charge in [-0.1, -0.05) is 43.5 Å². The van der Waals surface area contributed by atoms with Gasteiger partial charge in [-0.25, -0.2) is 0 Å². The lowest BCUT2D eigenvalue weighted by Crippen LogP contribution is -2.19. The van der Waals surface area contributed by atoms with E-state index >= 15 is 0 Å². The van der Waals surface area contributed by atoms with Crippen LogP contribution in [0.25, 0.3) is 10.1 Å². The van der Waals surface area contributed by atoms with Crippen LogP contribution in [0.3, 0.4) is 0 Å². The maximum Gasteiger partial charge on any atom is 0.267 e. The van der Waals surface area contributed by atoms with Crippen molar-refractivity contribution in [1.82, 2.24) is 0 Å². The molecule has 2 heterocycles. The van der Waals surface area contributed by atoms with E-state index in [1.807, 2.05) is 25.1 Å². The Morgan fingerprint density at radius 1 is 1.31 bits per heavy atom. The smallest absolute Gasteiger partial charge is 0.267 e. The van der Waals surface area contributed by atoms with Crippen LogP contribution in [-0.4, -0.2) is 11.8 Å². The van der Waals surface area contributed by atoms with Crippen molar-refractivity contribution in [2.75, 3.05) is 5.32 Å². The average molecular weight is 447 g/mol. The minimum absolute atomic E-state index is 0.292. The van der Waals surface area contributed by atoms with Gasteiger partial charge >= 0.3 is 0 Å². The zero-order chi connectivity index (χ0) is 20.7. The third-order valence-electron chi connectivity index (χ3n) is 5.53. The van der Waals surface area contributed by atoms with E-state index in [2.05, 4.69) is 12.2 Å². The van der Waals surface area contributed by atoms with E-state index in [0.717, 1.165) is 46.9 Å². The summed E-state index contributed by atoms with van der Waals surface area (Å²) in [4.78, 5) is 26.8. The maximum atomic E-state index is 13.0. The van der Waals surface area contributed by atoms with E-state index in [1.165, 1.54) is 34.0 Å². The first-order valence-corrected chi connectivity index (χ1v) is 11.8. The van der Waals surface area contributed by atoms with Gasteiger partial charge in [0.15, 0.2) is 0 Å². The van der Waals surface area contributed by atoms with Crippen LogP contribution in [0.4, 0.5) is 5.00 Å². The van der Waals surface area contributed by atoms with Crippen LogP contribution in [0.15, 0.2) is 18.2 Å². The first kappa shape index (κ1) is 20.4. The predicted octanol–water partition coefficient (Wildman–Crippen LogP) is 6.18. The Balaban J connectivity index is 1.67. The number of halogens is 1. The summed E-state index contributed by atoms with van der Waals surface area (Å²) in [5, 5.41) is 4.81. The Morgan fingerprint density at radius 2 is 2.10 bits per heavy atom. The summed E-state index contributed by atoms with van der Waals surface area (Å²) in [5.41, 5.74) is 8.30. The number of hydrogen-bond acceptors (Lipinski definition) is 4. The monoisotopic (exact) mass is 446 g/mol. The molecule has 0 radical (unpaired) electrons. The molecule has 0 fully saturated rings. The molecule has 0 spiro atoms. The zero-order valence-corrected chi connectivity index (χ0v) is 18.8. The second kappa shape index (κ2) is 8.09. The molecule has 1 aromatic carbocycles. The molecular weight excluding hydrogens is 424 g/mol. The van der Waals surface area contributed by atoms with Gasteiger partial charge in [-0.05, 0) is 49.3 Å². The van der Waals surface area contributed by atoms with Crippen molar-refractivity contribution in [3.05, 3.63) is 49.7 Å². The molecule has 4 rings (SSSR count). The second-order valence-electron chi connectivity index (χ2n) is 7.67. The summed E-state index contributed by atoms with van der Waals surface area (Å²) < 4.78 is 0.975. The molecule has 2 aromatic heterocycles. The SMILES string of the molecule is CCCC1CCc2c(sc(NC(=O)c3sc4cc(C)ccc4c3Cl)c2C(N)=O)C1. The number of hydrogen-bond donors (Lipinski definition) is 2. The molecule has 3 aromatic rings. The molecule has 0 bridgehead atoms. The molecule has 0 saturated heterocycles. The van der Waals surface area contributed by atoms with Crippen LogP contribution >= 0.6 is 34.3 Å². The normalized spacial score (nSPS) is 16.0. The van der Waals surface area contributed by atoms with Crippen LogP contribution in [0.5, 0.6) is 0 Å². The van der Waals surface area contributed by atoms with Crippen LogP contribution in [0, 0.1) is 12.8 Å². The number of carbonyl (C=O) groups excluding carboxylic acids is 2. The molecule has 0 saturated carbocycles. The summed E-state index contributed by atoms with van der Waals surface area (Å²) in [7, 11) is 0. The third kappa shape index (κ3) is 3.81. The number of primary amides is 1. The van der Waals surface area contributed by atoms with Gasteiger partial charge in [-0.2, -0.15) is 0 Å². The zero-order valence-electron chi connectivity index (χ0n) is 16.4. The second-order valence-corrected chi connectivity index (χ2v) is 10.2. The highest BCUT2D eigenvalue weighted by atomic mass is 35.5. The van der Waals surface area contributed by atoms with Gasteiger partial charge in [-0.3, -0.25) is 9.59 Å². The number of nitrogens with two attached hydrogens (primary N) is 1. The molecule has 1 atom stereocenters. The standard InChI is InChI=1S/C22H23ClN2O2S2/c1-3-4-12-6-8-13-16(10-12)29-22(17(13)20(24)26)25-21(27)19-18(23)14-7-5-11(2)9-15(14)28-19/h5,7,9,12H,3-4,6,8,10H2,1-2H3,(H2,24,26)(H,25,27). The van der Waals surface area contributed by atoms with Crippen molar-refractivity contribution in [2.45, 2.75) is 46.0 Å². The number of amides is 2. The topological polar surface area (TPSA) is 72.2 Å². The number of rotatable bonds is 5. The third-order valence-corrected chi connectivity index (χ3v) is 8.35. The fraction of sp³-hybridized carbons (Fsp3) is 0.364. The lowest BCUT2D eigenvalue weighted by molar-refractivity contribution is 0.1000. The molecule has 0 aliphatic heterocycles. The molecule has 4 nitrogen and oxygen atoms in total. The number of nitrogens with one attached hydrogen (secondary N) is 1. The van der Waals surface area contributed by atoms with Crippen LogP contribution in [-0.2, 0) is 12.8 Å². The number of carbonyl (C=O) groups is 2.